The monoisotopic (exact) mass is 301 g/mol. The third kappa shape index (κ3) is 2.47. The second-order valence-electron chi connectivity index (χ2n) is 5.47. The smallest absolute Gasteiger partial charge is 0.313 e. The lowest BCUT2D eigenvalue weighted by Gasteiger charge is -2.29. The van der Waals surface area contributed by atoms with E-state index in [9.17, 15) is 9.59 Å². The Morgan fingerprint density at radius 1 is 1.36 bits per heavy atom. The number of carbonyl (C=O) groups excluding carboxylic acids is 2. The fourth-order valence-corrected chi connectivity index (χ4v) is 3.19. The number of fused-ring (bicyclic) bond motifs is 3. The molecular weight excluding hydrogens is 282 g/mol. The standard InChI is InChI=1S/C17H19NO4/c1-3-21-17(20)13-7-8-15-14(16(13)22-11(2)19)10-12-6-4-5-9-18(12)15/h4-6,9-10,13,16H,3,7-8H2,1-2H3. The van der Waals surface area contributed by atoms with Crippen LogP contribution in [0.4, 0.5) is 0 Å². The number of aromatic nitrogens is 1. The quantitative estimate of drug-likeness (QED) is 0.818. The largest absolute Gasteiger partial charge is 0.466 e. The van der Waals surface area contributed by atoms with E-state index in [2.05, 4.69) is 4.40 Å². The van der Waals surface area contributed by atoms with Gasteiger partial charge in [-0.05, 0) is 38.0 Å². The molecule has 2 aromatic rings. The van der Waals surface area contributed by atoms with E-state index in [0.717, 1.165) is 23.2 Å². The van der Waals surface area contributed by atoms with Crippen molar-refractivity contribution in [2.45, 2.75) is 32.8 Å². The number of carbonyl (C=O) groups is 2. The van der Waals surface area contributed by atoms with Crippen LogP contribution in [0.25, 0.3) is 5.52 Å². The van der Waals surface area contributed by atoms with Crippen LogP contribution in [0.5, 0.6) is 0 Å². The summed E-state index contributed by atoms with van der Waals surface area (Å²) < 4.78 is 12.7. The summed E-state index contributed by atoms with van der Waals surface area (Å²) in [5, 5.41) is 0. The average Bonchev–Trinajstić information content (AvgIpc) is 2.86. The van der Waals surface area contributed by atoms with Gasteiger partial charge in [0.25, 0.3) is 0 Å². The molecule has 0 bridgehead atoms. The number of esters is 2. The molecule has 5 heteroatoms. The fourth-order valence-electron chi connectivity index (χ4n) is 3.19. The van der Waals surface area contributed by atoms with Crippen LogP contribution in [0.3, 0.4) is 0 Å². The van der Waals surface area contributed by atoms with Crippen molar-refractivity contribution in [2.24, 2.45) is 5.92 Å². The van der Waals surface area contributed by atoms with E-state index < -0.39 is 12.0 Å². The lowest BCUT2D eigenvalue weighted by Crippen LogP contribution is -2.31. The number of pyridine rings is 1. The van der Waals surface area contributed by atoms with E-state index in [1.54, 1.807) is 6.92 Å². The van der Waals surface area contributed by atoms with Crippen molar-refractivity contribution in [1.29, 1.82) is 0 Å². The van der Waals surface area contributed by atoms with Crippen molar-refractivity contribution in [2.75, 3.05) is 6.61 Å². The predicted octanol–water partition coefficient (Wildman–Crippen LogP) is 2.67. The van der Waals surface area contributed by atoms with Crippen molar-refractivity contribution < 1.29 is 19.1 Å². The third-order valence-electron chi connectivity index (χ3n) is 4.07. The van der Waals surface area contributed by atoms with Crippen LogP contribution in [0, 0.1) is 5.92 Å². The summed E-state index contributed by atoms with van der Waals surface area (Å²) in [5.74, 6) is -1.12. The average molecular weight is 301 g/mol. The van der Waals surface area contributed by atoms with Crippen LogP contribution in [0.2, 0.25) is 0 Å². The van der Waals surface area contributed by atoms with Gasteiger partial charge >= 0.3 is 11.9 Å². The van der Waals surface area contributed by atoms with E-state index in [0.29, 0.717) is 13.0 Å². The number of rotatable bonds is 3. The Morgan fingerprint density at radius 3 is 2.91 bits per heavy atom. The highest BCUT2D eigenvalue weighted by Crippen LogP contribution is 2.39. The first kappa shape index (κ1) is 14.6. The maximum Gasteiger partial charge on any atom is 0.313 e. The van der Waals surface area contributed by atoms with Gasteiger partial charge < -0.3 is 13.9 Å². The Kier molecular flexibility index (Phi) is 3.88. The van der Waals surface area contributed by atoms with E-state index in [1.165, 1.54) is 6.92 Å². The minimum Gasteiger partial charge on any atom is -0.466 e. The van der Waals surface area contributed by atoms with Crippen LogP contribution in [-0.2, 0) is 25.5 Å². The zero-order valence-corrected chi connectivity index (χ0v) is 12.7. The van der Waals surface area contributed by atoms with E-state index >= 15 is 0 Å². The molecular formula is C17H19NO4. The number of aryl methyl sites for hydroxylation is 1. The molecule has 2 heterocycles. The van der Waals surface area contributed by atoms with Crippen molar-refractivity contribution in [3.63, 3.8) is 0 Å². The zero-order chi connectivity index (χ0) is 15.7. The molecule has 116 valence electrons. The van der Waals surface area contributed by atoms with Crippen LogP contribution >= 0.6 is 0 Å². The molecule has 0 amide bonds. The van der Waals surface area contributed by atoms with Crippen molar-refractivity contribution in [3.8, 4) is 0 Å². The summed E-state index contributed by atoms with van der Waals surface area (Å²) in [4.78, 5) is 23.7. The van der Waals surface area contributed by atoms with Crippen molar-refractivity contribution in [3.05, 3.63) is 41.7 Å². The van der Waals surface area contributed by atoms with Gasteiger partial charge in [0.05, 0.1) is 12.5 Å². The number of hydrogen-bond acceptors (Lipinski definition) is 4. The maximum atomic E-state index is 12.2. The second kappa shape index (κ2) is 5.83. The van der Waals surface area contributed by atoms with Gasteiger partial charge in [-0.25, -0.2) is 0 Å². The van der Waals surface area contributed by atoms with Crippen LogP contribution in [-0.4, -0.2) is 22.9 Å². The summed E-state index contributed by atoms with van der Waals surface area (Å²) in [6, 6.07) is 7.92. The zero-order valence-electron chi connectivity index (χ0n) is 12.7. The Labute approximate surface area is 128 Å². The fraction of sp³-hybridized carbons (Fsp3) is 0.412. The number of nitrogens with zero attached hydrogens (tertiary/aromatic N) is 1. The Balaban J connectivity index is 2.05. The molecule has 0 aliphatic heterocycles. The molecule has 0 N–H and O–H groups in total. The van der Waals surface area contributed by atoms with Gasteiger partial charge in [-0.1, -0.05) is 6.07 Å². The van der Waals surface area contributed by atoms with E-state index in [4.69, 9.17) is 9.47 Å². The third-order valence-corrected chi connectivity index (χ3v) is 4.07. The highest BCUT2D eigenvalue weighted by atomic mass is 16.6. The van der Waals surface area contributed by atoms with Crippen molar-refractivity contribution in [1.82, 2.24) is 4.40 Å². The molecule has 3 rings (SSSR count). The van der Waals surface area contributed by atoms with Gasteiger partial charge in [0.1, 0.15) is 6.10 Å². The molecule has 1 aliphatic carbocycles. The molecule has 5 nitrogen and oxygen atoms in total. The van der Waals surface area contributed by atoms with Gasteiger partial charge in [-0.15, -0.1) is 0 Å². The summed E-state index contributed by atoms with van der Waals surface area (Å²) in [5.41, 5.74) is 3.04. The maximum absolute atomic E-state index is 12.2. The molecule has 2 atom stereocenters. The molecule has 0 saturated heterocycles. The first-order valence-corrected chi connectivity index (χ1v) is 7.54. The van der Waals surface area contributed by atoms with Gasteiger partial charge in [0, 0.05) is 29.9 Å². The van der Waals surface area contributed by atoms with Crippen LogP contribution in [0.15, 0.2) is 30.5 Å². The van der Waals surface area contributed by atoms with Gasteiger partial charge in [0.15, 0.2) is 0 Å². The SMILES string of the molecule is CCOC(=O)C1CCc2c(cc3ccccn23)C1OC(C)=O. The first-order valence-electron chi connectivity index (χ1n) is 7.54. The number of ether oxygens (including phenoxy) is 2. The molecule has 0 fully saturated rings. The first-order chi connectivity index (χ1) is 10.6. The minimum atomic E-state index is -0.569. The molecule has 1 aliphatic rings. The minimum absolute atomic E-state index is 0.297. The van der Waals surface area contributed by atoms with Gasteiger partial charge in [0.2, 0.25) is 0 Å². The molecule has 0 radical (unpaired) electrons. The van der Waals surface area contributed by atoms with Gasteiger partial charge in [-0.2, -0.15) is 0 Å². The van der Waals surface area contributed by atoms with Gasteiger partial charge in [-0.3, -0.25) is 9.59 Å². The number of hydrogen-bond donors (Lipinski definition) is 0. The summed E-state index contributed by atoms with van der Waals surface area (Å²) in [7, 11) is 0. The summed E-state index contributed by atoms with van der Waals surface area (Å²) >= 11 is 0. The lowest BCUT2D eigenvalue weighted by molar-refractivity contribution is -0.162. The van der Waals surface area contributed by atoms with Crippen LogP contribution in [0.1, 0.15) is 37.6 Å². The summed E-state index contributed by atoms with van der Waals surface area (Å²) in [6.07, 6.45) is 2.80. The molecule has 22 heavy (non-hydrogen) atoms. The topological polar surface area (TPSA) is 57.0 Å². The Hall–Kier alpha value is -2.30. The molecule has 0 aromatic carbocycles. The highest BCUT2D eigenvalue weighted by Gasteiger charge is 2.39. The predicted molar refractivity (Wildman–Crippen MR) is 80.3 cm³/mol. The van der Waals surface area contributed by atoms with Crippen LogP contribution < -0.4 is 0 Å². The van der Waals surface area contributed by atoms with E-state index in [1.807, 2.05) is 30.5 Å². The second-order valence-corrected chi connectivity index (χ2v) is 5.47. The molecule has 2 aromatic heterocycles. The Bertz CT molecular complexity index is 719. The molecule has 0 saturated carbocycles. The summed E-state index contributed by atoms with van der Waals surface area (Å²) in [6.45, 7) is 3.47. The Morgan fingerprint density at radius 2 is 2.18 bits per heavy atom. The molecule has 0 spiro atoms. The normalized spacial score (nSPS) is 20.5. The van der Waals surface area contributed by atoms with Crippen molar-refractivity contribution >= 4 is 17.5 Å². The highest BCUT2D eigenvalue weighted by molar-refractivity contribution is 5.76. The molecule has 2 unspecified atom stereocenters. The lowest BCUT2D eigenvalue weighted by atomic mass is 9.84. The van der Waals surface area contributed by atoms with E-state index in [-0.39, 0.29) is 11.9 Å².